The van der Waals surface area contributed by atoms with Gasteiger partial charge in [0.15, 0.2) is 0 Å². The maximum atomic E-state index is 12.6. The molecule has 0 fully saturated rings. The zero-order valence-electron chi connectivity index (χ0n) is 9.02. The highest BCUT2D eigenvalue weighted by Crippen LogP contribution is 2.19. The molecule has 0 bridgehead atoms. The van der Waals surface area contributed by atoms with Crippen molar-refractivity contribution < 1.29 is 20.7 Å². The minimum absolute atomic E-state index is 0.0715. The molecule has 0 amide bonds. The summed E-state index contributed by atoms with van der Waals surface area (Å²) < 4.78 is 59.7. The van der Waals surface area contributed by atoms with E-state index < -0.39 is 25.1 Å². The van der Waals surface area contributed by atoms with Gasteiger partial charge >= 0.3 is 10.2 Å². The highest BCUT2D eigenvalue weighted by Gasteiger charge is 2.18. The Morgan fingerprint density at radius 1 is 1.05 bits per heavy atom. The molecule has 0 saturated carbocycles. The molecule has 0 spiro atoms. The van der Waals surface area contributed by atoms with Crippen molar-refractivity contribution in [3.63, 3.8) is 0 Å². The molecule has 0 radical (unpaired) electrons. The number of rotatable bonds is 4. The number of benzene rings is 1. The number of nitrogens with one attached hydrogen (secondary N) is 1. The number of hydrogen-bond donors (Lipinski definition) is 1. The van der Waals surface area contributed by atoms with Crippen LogP contribution in [0.2, 0.25) is 0 Å². The first kappa shape index (κ1) is 13.8. The van der Waals surface area contributed by atoms with E-state index >= 15 is 0 Å². The third kappa shape index (κ3) is 3.24. The number of hydrogen-bond acceptors (Lipinski definition) is 7. The third-order valence-electron chi connectivity index (χ3n) is 2.00. The molecule has 0 saturated heterocycles. The summed E-state index contributed by atoms with van der Waals surface area (Å²) >= 11 is 0.983. The minimum atomic E-state index is -4.85. The maximum absolute atomic E-state index is 12.6. The average Bonchev–Trinajstić information content (AvgIpc) is 2.80. The van der Waals surface area contributed by atoms with Crippen LogP contribution in [-0.2, 0) is 20.2 Å². The molecule has 1 aromatic carbocycles. The van der Waals surface area contributed by atoms with Crippen LogP contribution in [0.1, 0.15) is 0 Å². The highest BCUT2D eigenvalue weighted by atomic mass is 32.3. The van der Waals surface area contributed by atoms with E-state index in [1.165, 1.54) is 5.51 Å². The first-order valence-corrected chi connectivity index (χ1v) is 8.37. The van der Waals surface area contributed by atoms with Gasteiger partial charge in [0.05, 0.1) is 9.79 Å². The van der Waals surface area contributed by atoms with Gasteiger partial charge in [-0.15, -0.1) is 14.1 Å². The quantitative estimate of drug-likeness (QED) is 0.841. The van der Waals surface area contributed by atoms with Crippen molar-refractivity contribution >= 4 is 36.7 Å². The van der Waals surface area contributed by atoms with Crippen LogP contribution in [0, 0.1) is 0 Å². The van der Waals surface area contributed by atoms with Gasteiger partial charge in [-0.25, -0.2) is 8.42 Å². The van der Waals surface area contributed by atoms with Gasteiger partial charge in [0.1, 0.15) is 5.51 Å². The maximum Gasteiger partial charge on any atom is 0.332 e. The van der Waals surface area contributed by atoms with E-state index in [1.807, 2.05) is 0 Å². The second-order valence-corrected chi connectivity index (χ2v) is 7.12. The van der Waals surface area contributed by atoms with Crippen molar-refractivity contribution in [2.45, 2.75) is 9.79 Å². The lowest BCUT2D eigenvalue weighted by molar-refractivity contribution is 0.551. The Morgan fingerprint density at radius 3 is 2.11 bits per heavy atom. The van der Waals surface area contributed by atoms with E-state index in [9.17, 15) is 20.7 Å². The van der Waals surface area contributed by atoms with Crippen LogP contribution in [0.3, 0.4) is 0 Å². The van der Waals surface area contributed by atoms with E-state index in [0.717, 1.165) is 35.6 Å². The van der Waals surface area contributed by atoms with Crippen LogP contribution in [0.5, 0.6) is 0 Å². The van der Waals surface area contributed by atoms with Crippen LogP contribution >= 0.6 is 11.3 Å². The van der Waals surface area contributed by atoms with E-state index in [1.54, 1.807) is 0 Å². The fourth-order valence-electron chi connectivity index (χ4n) is 1.17. The lowest BCUT2D eigenvalue weighted by Crippen LogP contribution is -2.12. The van der Waals surface area contributed by atoms with E-state index in [4.69, 9.17) is 0 Å². The zero-order valence-corrected chi connectivity index (χ0v) is 11.5. The molecule has 0 atom stereocenters. The van der Waals surface area contributed by atoms with Crippen molar-refractivity contribution in [1.29, 1.82) is 0 Å². The van der Waals surface area contributed by atoms with Gasteiger partial charge in [-0.05, 0) is 24.3 Å². The van der Waals surface area contributed by atoms with Crippen LogP contribution in [0.15, 0.2) is 39.6 Å². The normalized spacial score (nSPS) is 12.3. The van der Waals surface area contributed by atoms with Gasteiger partial charge in [0, 0.05) is 0 Å². The molecule has 2 rings (SSSR count). The Labute approximate surface area is 112 Å². The van der Waals surface area contributed by atoms with E-state index in [-0.39, 0.29) is 10.0 Å². The van der Waals surface area contributed by atoms with Crippen molar-refractivity contribution in [3.8, 4) is 0 Å². The standard InChI is InChI=1S/C8H6FN3O4S3/c9-18(13,14)6-1-3-7(4-2-6)19(15,16)12-8-11-10-5-17-8/h1-5H,(H,11,12). The Morgan fingerprint density at radius 2 is 1.63 bits per heavy atom. The molecule has 1 aromatic heterocycles. The Bertz CT molecular complexity index is 769. The van der Waals surface area contributed by atoms with Gasteiger partial charge in [0.25, 0.3) is 10.0 Å². The number of halogens is 1. The molecular formula is C8H6FN3O4S3. The lowest BCUT2D eigenvalue weighted by Gasteiger charge is -2.04. The van der Waals surface area contributed by atoms with Crippen LogP contribution < -0.4 is 4.72 Å². The smallest absolute Gasteiger partial charge is 0.253 e. The number of sulfonamides is 1. The Kier molecular flexibility index (Phi) is 3.52. The van der Waals surface area contributed by atoms with Gasteiger partial charge in [-0.2, -0.15) is 8.42 Å². The van der Waals surface area contributed by atoms with Crippen molar-refractivity contribution in [2.24, 2.45) is 0 Å². The van der Waals surface area contributed by atoms with Crippen molar-refractivity contribution in [2.75, 3.05) is 4.72 Å². The second-order valence-electron chi connectivity index (χ2n) is 3.26. The van der Waals surface area contributed by atoms with E-state index in [0.29, 0.717) is 0 Å². The predicted molar refractivity (Wildman–Crippen MR) is 65.5 cm³/mol. The molecule has 1 N–H and O–H groups in total. The number of anilines is 1. The summed E-state index contributed by atoms with van der Waals surface area (Å²) in [5.41, 5.74) is 1.34. The SMILES string of the molecule is O=S(=O)(F)c1ccc(S(=O)(=O)Nc2nncs2)cc1. The van der Waals surface area contributed by atoms with Gasteiger partial charge in [-0.1, -0.05) is 11.3 Å². The molecule has 0 aliphatic carbocycles. The first-order valence-electron chi connectivity index (χ1n) is 4.63. The zero-order chi connectivity index (χ0) is 14.1. The topological polar surface area (TPSA) is 106 Å². The largest absolute Gasteiger partial charge is 0.332 e. The molecule has 1 heterocycles. The molecule has 0 aliphatic rings. The van der Waals surface area contributed by atoms with Gasteiger partial charge in [-0.3, -0.25) is 4.72 Å². The molecule has 11 heteroatoms. The Balaban J connectivity index is 2.32. The molecule has 102 valence electrons. The fraction of sp³-hybridized carbons (Fsp3) is 0. The molecular weight excluding hydrogens is 317 g/mol. The third-order valence-corrected chi connectivity index (χ3v) is 4.92. The first-order chi connectivity index (χ1) is 8.79. The minimum Gasteiger partial charge on any atom is -0.253 e. The van der Waals surface area contributed by atoms with Crippen molar-refractivity contribution in [3.05, 3.63) is 29.8 Å². The van der Waals surface area contributed by atoms with E-state index in [2.05, 4.69) is 14.9 Å². The Hall–Kier alpha value is -1.59. The van der Waals surface area contributed by atoms with Gasteiger partial charge in [0.2, 0.25) is 5.13 Å². The van der Waals surface area contributed by atoms with Crippen molar-refractivity contribution in [1.82, 2.24) is 10.2 Å². The number of nitrogens with zero attached hydrogens (tertiary/aromatic N) is 2. The summed E-state index contributed by atoms with van der Waals surface area (Å²) in [5.74, 6) is 0. The summed E-state index contributed by atoms with van der Waals surface area (Å²) in [6.45, 7) is 0. The molecule has 0 unspecified atom stereocenters. The van der Waals surface area contributed by atoms with Crippen LogP contribution in [-0.4, -0.2) is 27.0 Å². The summed E-state index contributed by atoms with van der Waals surface area (Å²) in [5, 5.41) is 7.04. The van der Waals surface area contributed by atoms with Gasteiger partial charge < -0.3 is 0 Å². The molecule has 0 aliphatic heterocycles. The molecule has 7 nitrogen and oxygen atoms in total. The lowest BCUT2D eigenvalue weighted by atomic mass is 10.4. The summed E-state index contributed by atoms with van der Waals surface area (Å²) in [4.78, 5) is -0.822. The predicted octanol–water partition coefficient (Wildman–Crippen LogP) is 0.997. The summed E-state index contributed by atoms with van der Waals surface area (Å²) in [6.07, 6.45) is 0. The summed E-state index contributed by atoms with van der Waals surface area (Å²) in [7, 11) is -8.76. The van der Waals surface area contributed by atoms with Crippen LogP contribution in [0.4, 0.5) is 9.02 Å². The molecule has 19 heavy (non-hydrogen) atoms. The second kappa shape index (κ2) is 4.83. The fourth-order valence-corrected chi connectivity index (χ4v) is 3.33. The van der Waals surface area contributed by atoms with Crippen LogP contribution in [0.25, 0.3) is 0 Å². The highest BCUT2D eigenvalue weighted by molar-refractivity contribution is 7.93. The molecule has 2 aromatic rings. The average molecular weight is 323 g/mol. The number of aromatic nitrogens is 2. The summed E-state index contributed by atoms with van der Waals surface area (Å²) in [6, 6.07) is 3.69. The monoisotopic (exact) mass is 323 g/mol.